The molecule has 0 aromatic heterocycles. The zero-order chi connectivity index (χ0) is 19.8. The van der Waals surface area contributed by atoms with E-state index in [4.69, 9.17) is 10.5 Å². The summed E-state index contributed by atoms with van der Waals surface area (Å²) in [5.74, 6) is 0.158. The standard InChI is InChI=1S/C23H23FN2O2/c24-22-9-5-4-8-20(22)16-26(15-14-25)23(27)19-10-12-21(13-11-19)28-17-18-6-2-1-3-7-18/h1-13H,14-17,25H2. The molecule has 3 aromatic carbocycles. The Morgan fingerprint density at radius 3 is 2.29 bits per heavy atom. The second-order valence-electron chi connectivity index (χ2n) is 6.41. The second kappa shape index (κ2) is 9.67. The van der Waals surface area contributed by atoms with E-state index < -0.39 is 0 Å². The van der Waals surface area contributed by atoms with Crippen LogP contribution in [-0.4, -0.2) is 23.9 Å². The van der Waals surface area contributed by atoms with Gasteiger partial charge in [0.25, 0.3) is 5.91 Å². The number of halogens is 1. The van der Waals surface area contributed by atoms with Crippen molar-refractivity contribution in [1.29, 1.82) is 0 Å². The van der Waals surface area contributed by atoms with E-state index in [1.807, 2.05) is 30.3 Å². The van der Waals surface area contributed by atoms with Crippen molar-refractivity contribution >= 4 is 5.91 Å². The predicted molar refractivity (Wildman–Crippen MR) is 107 cm³/mol. The lowest BCUT2D eigenvalue weighted by Crippen LogP contribution is -2.35. The first kappa shape index (κ1) is 19.6. The van der Waals surface area contributed by atoms with Crippen molar-refractivity contribution in [3.8, 4) is 5.75 Å². The Hall–Kier alpha value is -3.18. The van der Waals surface area contributed by atoms with Gasteiger partial charge in [0.2, 0.25) is 0 Å². The van der Waals surface area contributed by atoms with E-state index in [0.717, 1.165) is 5.56 Å². The molecule has 0 saturated heterocycles. The topological polar surface area (TPSA) is 55.6 Å². The van der Waals surface area contributed by atoms with Crippen LogP contribution in [0.2, 0.25) is 0 Å². The maximum atomic E-state index is 13.9. The third kappa shape index (κ3) is 5.18. The summed E-state index contributed by atoms with van der Waals surface area (Å²) < 4.78 is 19.7. The highest BCUT2D eigenvalue weighted by atomic mass is 19.1. The zero-order valence-electron chi connectivity index (χ0n) is 15.6. The van der Waals surface area contributed by atoms with Crippen LogP contribution in [0.15, 0.2) is 78.9 Å². The lowest BCUT2D eigenvalue weighted by molar-refractivity contribution is 0.0746. The molecule has 0 fully saturated rings. The van der Waals surface area contributed by atoms with Gasteiger partial charge in [0, 0.05) is 30.8 Å². The molecule has 0 radical (unpaired) electrons. The van der Waals surface area contributed by atoms with Crippen LogP contribution in [0.25, 0.3) is 0 Å². The number of ether oxygens (including phenoxy) is 1. The Morgan fingerprint density at radius 1 is 0.929 bits per heavy atom. The summed E-state index contributed by atoms with van der Waals surface area (Å²) in [5, 5.41) is 0. The Bertz CT molecular complexity index is 898. The van der Waals surface area contributed by atoms with Gasteiger partial charge >= 0.3 is 0 Å². The Kier molecular flexibility index (Phi) is 6.76. The monoisotopic (exact) mass is 378 g/mol. The molecule has 0 bridgehead atoms. The molecule has 1 amide bonds. The number of benzene rings is 3. The fourth-order valence-electron chi connectivity index (χ4n) is 2.86. The third-order valence-electron chi connectivity index (χ3n) is 4.35. The fourth-order valence-corrected chi connectivity index (χ4v) is 2.86. The summed E-state index contributed by atoms with van der Waals surface area (Å²) in [7, 11) is 0. The number of nitrogens with two attached hydrogens (primary N) is 1. The summed E-state index contributed by atoms with van der Waals surface area (Å²) in [6.45, 7) is 1.29. The van der Waals surface area contributed by atoms with Crippen molar-refractivity contribution in [1.82, 2.24) is 4.90 Å². The van der Waals surface area contributed by atoms with Gasteiger partial charge in [0.05, 0.1) is 0 Å². The number of nitrogens with zero attached hydrogens (tertiary/aromatic N) is 1. The van der Waals surface area contributed by atoms with Crippen molar-refractivity contribution in [3.63, 3.8) is 0 Å². The summed E-state index contributed by atoms with van der Waals surface area (Å²) in [5.41, 5.74) is 7.70. The normalized spacial score (nSPS) is 10.5. The molecule has 0 spiro atoms. The molecule has 0 unspecified atom stereocenters. The molecule has 2 N–H and O–H groups in total. The van der Waals surface area contributed by atoms with Crippen LogP contribution in [0.4, 0.5) is 4.39 Å². The van der Waals surface area contributed by atoms with E-state index in [2.05, 4.69) is 0 Å². The lowest BCUT2D eigenvalue weighted by atomic mass is 10.1. The average Bonchev–Trinajstić information content (AvgIpc) is 2.74. The number of hydrogen-bond acceptors (Lipinski definition) is 3. The minimum absolute atomic E-state index is 0.176. The van der Waals surface area contributed by atoms with Gasteiger partial charge in [0.15, 0.2) is 0 Å². The van der Waals surface area contributed by atoms with Gasteiger partial charge in [0.1, 0.15) is 18.2 Å². The molecule has 144 valence electrons. The first-order chi connectivity index (χ1) is 13.7. The van der Waals surface area contributed by atoms with E-state index >= 15 is 0 Å². The van der Waals surface area contributed by atoms with Gasteiger partial charge in [-0.05, 0) is 35.9 Å². The van der Waals surface area contributed by atoms with Crippen LogP contribution in [0.1, 0.15) is 21.5 Å². The van der Waals surface area contributed by atoms with Crippen LogP contribution in [-0.2, 0) is 13.2 Å². The molecular weight excluding hydrogens is 355 g/mol. The molecule has 4 nitrogen and oxygen atoms in total. The highest BCUT2D eigenvalue weighted by Gasteiger charge is 2.17. The minimum Gasteiger partial charge on any atom is -0.489 e. The quantitative estimate of drug-likeness (QED) is 0.644. The first-order valence-electron chi connectivity index (χ1n) is 9.17. The zero-order valence-corrected chi connectivity index (χ0v) is 15.6. The molecule has 0 heterocycles. The van der Waals surface area contributed by atoms with Gasteiger partial charge in [-0.25, -0.2) is 4.39 Å². The molecule has 0 saturated carbocycles. The molecule has 3 rings (SSSR count). The van der Waals surface area contributed by atoms with Gasteiger partial charge < -0.3 is 15.4 Å². The Morgan fingerprint density at radius 2 is 1.61 bits per heavy atom. The molecule has 0 aliphatic heterocycles. The van der Waals surface area contributed by atoms with E-state index in [9.17, 15) is 9.18 Å². The van der Waals surface area contributed by atoms with Crippen LogP contribution in [0.3, 0.4) is 0 Å². The highest BCUT2D eigenvalue weighted by Crippen LogP contribution is 2.17. The lowest BCUT2D eigenvalue weighted by Gasteiger charge is -2.22. The summed E-state index contributed by atoms with van der Waals surface area (Å²) >= 11 is 0. The molecule has 0 atom stereocenters. The van der Waals surface area contributed by atoms with Crippen molar-refractivity contribution in [3.05, 3.63) is 101 Å². The molecule has 3 aromatic rings. The summed E-state index contributed by atoms with van der Waals surface area (Å²) in [4.78, 5) is 14.4. The van der Waals surface area contributed by atoms with Gasteiger partial charge in [-0.3, -0.25) is 4.79 Å². The number of hydrogen-bond donors (Lipinski definition) is 1. The van der Waals surface area contributed by atoms with Gasteiger partial charge in [-0.1, -0.05) is 48.5 Å². The molecule has 0 aliphatic carbocycles. The van der Waals surface area contributed by atoms with Crippen LogP contribution < -0.4 is 10.5 Å². The fraction of sp³-hybridized carbons (Fsp3) is 0.174. The average molecular weight is 378 g/mol. The minimum atomic E-state index is -0.331. The van der Waals surface area contributed by atoms with E-state index in [1.54, 1.807) is 47.4 Å². The number of carbonyl (C=O) groups is 1. The van der Waals surface area contributed by atoms with Crippen molar-refractivity contribution < 1.29 is 13.9 Å². The van der Waals surface area contributed by atoms with Gasteiger partial charge in [-0.2, -0.15) is 0 Å². The maximum absolute atomic E-state index is 13.9. The Balaban J connectivity index is 1.66. The smallest absolute Gasteiger partial charge is 0.254 e. The van der Waals surface area contributed by atoms with E-state index in [1.165, 1.54) is 6.07 Å². The van der Waals surface area contributed by atoms with E-state index in [-0.39, 0.29) is 18.3 Å². The molecule has 5 heteroatoms. The maximum Gasteiger partial charge on any atom is 0.254 e. The number of rotatable bonds is 8. The van der Waals surface area contributed by atoms with Crippen LogP contribution >= 0.6 is 0 Å². The largest absolute Gasteiger partial charge is 0.489 e. The van der Waals surface area contributed by atoms with Crippen LogP contribution in [0.5, 0.6) is 5.75 Å². The molecule has 0 aliphatic rings. The highest BCUT2D eigenvalue weighted by molar-refractivity contribution is 5.94. The van der Waals surface area contributed by atoms with Crippen molar-refractivity contribution in [2.45, 2.75) is 13.2 Å². The first-order valence-corrected chi connectivity index (χ1v) is 9.17. The summed E-state index contributed by atoms with van der Waals surface area (Å²) in [6.07, 6.45) is 0. The SMILES string of the molecule is NCCN(Cc1ccccc1F)C(=O)c1ccc(OCc2ccccc2)cc1. The molecular formula is C23H23FN2O2. The van der Waals surface area contributed by atoms with Gasteiger partial charge in [-0.15, -0.1) is 0 Å². The van der Waals surface area contributed by atoms with Crippen LogP contribution in [0, 0.1) is 5.82 Å². The number of amides is 1. The number of carbonyl (C=O) groups excluding carboxylic acids is 1. The Labute approximate surface area is 164 Å². The van der Waals surface area contributed by atoms with E-state index in [0.29, 0.717) is 36.6 Å². The summed E-state index contributed by atoms with van der Waals surface area (Å²) in [6, 6.07) is 23.3. The molecule has 28 heavy (non-hydrogen) atoms. The third-order valence-corrected chi connectivity index (χ3v) is 4.35. The van der Waals surface area contributed by atoms with Crippen molar-refractivity contribution in [2.75, 3.05) is 13.1 Å². The predicted octanol–water partition coefficient (Wildman–Crippen LogP) is 4.01. The second-order valence-corrected chi connectivity index (χ2v) is 6.41. The van der Waals surface area contributed by atoms with Crippen molar-refractivity contribution in [2.24, 2.45) is 5.73 Å².